The molecule has 34 heavy (non-hydrogen) atoms. The van der Waals surface area contributed by atoms with Crippen LogP contribution in [0.15, 0.2) is 24.4 Å². The number of piperidine rings is 1. The average molecular weight is 472 g/mol. The van der Waals surface area contributed by atoms with Crippen molar-refractivity contribution in [1.82, 2.24) is 15.0 Å². The van der Waals surface area contributed by atoms with Crippen molar-refractivity contribution in [2.75, 3.05) is 30.0 Å². The van der Waals surface area contributed by atoms with Crippen molar-refractivity contribution in [2.24, 2.45) is 0 Å². The zero-order valence-electron chi connectivity index (χ0n) is 18.9. The summed E-state index contributed by atoms with van der Waals surface area (Å²) in [5.74, 6) is -1.05. The predicted octanol–water partition coefficient (Wildman–Crippen LogP) is 2.47. The van der Waals surface area contributed by atoms with Gasteiger partial charge >= 0.3 is 12.1 Å². The molecule has 1 aromatic heterocycles. The number of halogens is 1. The molecule has 1 aromatic carbocycles. The van der Waals surface area contributed by atoms with E-state index in [0.717, 1.165) is 6.42 Å². The molecule has 3 heterocycles. The van der Waals surface area contributed by atoms with Gasteiger partial charge in [0.1, 0.15) is 18.0 Å². The Morgan fingerprint density at radius 2 is 2.24 bits per heavy atom. The second-order valence-electron chi connectivity index (χ2n) is 8.18. The first-order chi connectivity index (χ1) is 16.4. The van der Waals surface area contributed by atoms with Gasteiger partial charge in [0.25, 0.3) is 6.26 Å². The van der Waals surface area contributed by atoms with Gasteiger partial charge in [0, 0.05) is 25.4 Å². The van der Waals surface area contributed by atoms with Gasteiger partial charge < -0.3 is 19.1 Å². The Balaban J connectivity index is 1.43. The van der Waals surface area contributed by atoms with Gasteiger partial charge in [0.2, 0.25) is 0 Å². The highest BCUT2D eigenvalue weighted by molar-refractivity contribution is 5.90. The normalized spacial score (nSPS) is 22.3. The molecule has 2 fully saturated rings. The lowest BCUT2D eigenvalue weighted by atomic mass is 9.96. The van der Waals surface area contributed by atoms with Gasteiger partial charge in [-0.15, -0.1) is 5.10 Å². The Labute approximate surface area is 195 Å². The van der Waals surface area contributed by atoms with Crippen LogP contribution in [0.5, 0.6) is 0 Å². The van der Waals surface area contributed by atoms with E-state index in [0.29, 0.717) is 30.8 Å². The average Bonchev–Trinajstić information content (AvgIpc) is 3.45. The van der Waals surface area contributed by atoms with E-state index in [2.05, 4.69) is 15.0 Å². The summed E-state index contributed by atoms with van der Waals surface area (Å²) in [4.78, 5) is 27.3. The second-order valence-corrected chi connectivity index (χ2v) is 8.18. The molecular weight excluding hydrogens is 447 g/mol. The van der Waals surface area contributed by atoms with Crippen molar-refractivity contribution in [2.45, 2.75) is 51.0 Å². The molecular formula is C22H25FN6O5. The van der Waals surface area contributed by atoms with Crippen LogP contribution < -0.4 is 9.80 Å². The Kier molecular flexibility index (Phi) is 6.81. The van der Waals surface area contributed by atoms with E-state index in [4.69, 9.17) is 14.7 Å². The van der Waals surface area contributed by atoms with Crippen LogP contribution in [-0.4, -0.2) is 65.5 Å². The molecule has 2 aromatic rings. The van der Waals surface area contributed by atoms with Crippen LogP contribution in [0.25, 0.3) is 0 Å². The van der Waals surface area contributed by atoms with Crippen LogP contribution in [0.4, 0.5) is 20.6 Å². The van der Waals surface area contributed by atoms with Crippen molar-refractivity contribution >= 4 is 23.4 Å². The summed E-state index contributed by atoms with van der Waals surface area (Å²) in [6.45, 7) is 2.97. The number of rotatable bonds is 7. The molecule has 0 N–H and O–H groups in total. The number of hydrogen-bond donors (Lipinski definition) is 0. The first-order valence-corrected chi connectivity index (χ1v) is 11.0. The molecule has 4 rings (SSSR count). The molecule has 3 unspecified atom stereocenters. The number of cyclic esters (lactones) is 1. The Hall–Kier alpha value is -3.88. The van der Waals surface area contributed by atoms with Gasteiger partial charge in [0.15, 0.2) is 5.69 Å². The minimum atomic E-state index is -0.612. The summed E-state index contributed by atoms with van der Waals surface area (Å²) in [7, 11) is 1.25. The highest BCUT2D eigenvalue weighted by Gasteiger charge is 2.34. The van der Waals surface area contributed by atoms with Crippen molar-refractivity contribution in [3.8, 4) is 6.26 Å². The van der Waals surface area contributed by atoms with Gasteiger partial charge in [-0.3, -0.25) is 4.90 Å². The van der Waals surface area contributed by atoms with Crippen LogP contribution in [0, 0.1) is 17.3 Å². The molecule has 3 atom stereocenters. The molecule has 2 saturated heterocycles. The molecule has 0 radical (unpaired) electrons. The number of benzene rings is 1. The lowest BCUT2D eigenvalue weighted by Crippen LogP contribution is -2.45. The molecule has 0 bridgehead atoms. The first-order valence-electron chi connectivity index (χ1n) is 11.0. The fourth-order valence-electron chi connectivity index (χ4n) is 4.42. The quantitative estimate of drug-likeness (QED) is 0.442. The number of ether oxygens (including phenoxy) is 3. The van der Waals surface area contributed by atoms with Crippen LogP contribution in [0.2, 0.25) is 0 Å². The standard InChI is InChI=1S/C22H25FN6O5/c1-3-14-8-16(33-13-24)6-7-28(14)20-5-4-15(9-18(20)23)29-11-17(34-22(29)31)10-27-12-19(25-26-27)21(30)32-2/h4-5,9,12,14,16-17H,3,6-8,10-11H2,1-2H3. The summed E-state index contributed by atoms with van der Waals surface area (Å²) in [6, 6.07) is 4.73. The van der Waals surface area contributed by atoms with Crippen molar-refractivity contribution in [1.29, 1.82) is 5.26 Å². The number of carbonyl (C=O) groups excluding carboxylic acids is 2. The number of aromatic nitrogens is 3. The molecule has 2 aliphatic heterocycles. The SMILES string of the molecule is CCC1CC(OC#N)CCN1c1ccc(N2CC(Cn3cc(C(=O)OC)nn3)OC2=O)cc1F. The first kappa shape index (κ1) is 23.3. The number of nitrogens with zero attached hydrogens (tertiary/aromatic N) is 6. The zero-order valence-corrected chi connectivity index (χ0v) is 18.9. The number of carbonyl (C=O) groups is 2. The third-order valence-corrected chi connectivity index (χ3v) is 6.11. The molecule has 2 aliphatic rings. The summed E-state index contributed by atoms with van der Waals surface area (Å²) in [5, 5.41) is 16.4. The van der Waals surface area contributed by atoms with E-state index >= 15 is 4.39 Å². The molecule has 1 amide bonds. The molecule has 0 saturated carbocycles. The fraction of sp³-hybridized carbons (Fsp3) is 0.500. The fourth-order valence-corrected chi connectivity index (χ4v) is 4.42. The number of methoxy groups -OCH3 is 1. The van der Waals surface area contributed by atoms with Gasteiger partial charge in [-0.05, 0) is 24.6 Å². The Bertz CT molecular complexity index is 1100. The largest absolute Gasteiger partial charge is 0.464 e. The van der Waals surface area contributed by atoms with Crippen molar-refractivity contribution in [3.05, 3.63) is 35.9 Å². The van der Waals surface area contributed by atoms with Crippen molar-refractivity contribution in [3.63, 3.8) is 0 Å². The highest BCUT2D eigenvalue weighted by atomic mass is 19.1. The van der Waals surface area contributed by atoms with E-state index in [9.17, 15) is 9.59 Å². The van der Waals surface area contributed by atoms with E-state index in [1.807, 2.05) is 11.8 Å². The summed E-state index contributed by atoms with van der Waals surface area (Å²) in [5.41, 5.74) is 0.890. The summed E-state index contributed by atoms with van der Waals surface area (Å²) >= 11 is 0. The molecule has 12 heteroatoms. The lowest BCUT2D eigenvalue weighted by Gasteiger charge is -2.39. The molecule has 180 valence electrons. The monoisotopic (exact) mass is 472 g/mol. The smallest absolute Gasteiger partial charge is 0.414 e. The summed E-state index contributed by atoms with van der Waals surface area (Å²) in [6.07, 6.45) is 3.92. The number of esters is 1. The zero-order chi connectivity index (χ0) is 24.2. The van der Waals surface area contributed by atoms with E-state index in [1.165, 1.54) is 29.0 Å². The van der Waals surface area contributed by atoms with Crippen molar-refractivity contribution < 1.29 is 28.2 Å². The maximum absolute atomic E-state index is 15.2. The minimum Gasteiger partial charge on any atom is -0.464 e. The predicted molar refractivity (Wildman–Crippen MR) is 117 cm³/mol. The number of amides is 1. The lowest BCUT2D eigenvalue weighted by molar-refractivity contribution is 0.0593. The van der Waals surface area contributed by atoms with Gasteiger partial charge in [-0.2, -0.15) is 5.26 Å². The number of nitriles is 1. The molecule has 11 nitrogen and oxygen atoms in total. The maximum atomic E-state index is 15.2. The molecule has 0 aliphatic carbocycles. The Morgan fingerprint density at radius 1 is 1.41 bits per heavy atom. The maximum Gasteiger partial charge on any atom is 0.414 e. The minimum absolute atomic E-state index is 0.0474. The number of anilines is 2. The molecule has 0 spiro atoms. The van der Waals surface area contributed by atoms with E-state index in [1.54, 1.807) is 18.4 Å². The van der Waals surface area contributed by atoms with Crippen LogP contribution >= 0.6 is 0 Å². The number of hydrogen-bond acceptors (Lipinski definition) is 9. The van der Waals surface area contributed by atoms with Gasteiger partial charge in [-0.1, -0.05) is 12.1 Å². The van der Waals surface area contributed by atoms with Crippen LogP contribution in [-0.2, 0) is 20.8 Å². The topological polar surface area (TPSA) is 123 Å². The highest BCUT2D eigenvalue weighted by Crippen LogP contribution is 2.33. The Morgan fingerprint density at radius 3 is 2.94 bits per heavy atom. The van der Waals surface area contributed by atoms with Crippen LogP contribution in [0.1, 0.15) is 36.7 Å². The van der Waals surface area contributed by atoms with E-state index < -0.39 is 24.0 Å². The summed E-state index contributed by atoms with van der Waals surface area (Å²) < 4.78 is 31.6. The van der Waals surface area contributed by atoms with E-state index in [-0.39, 0.29) is 30.9 Å². The second kappa shape index (κ2) is 9.94. The van der Waals surface area contributed by atoms with Crippen LogP contribution in [0.3, 0.4) is 0 Å². The van der Waals surface area contributed by atoms with Gasteiger partial charge in [0.05, 0.1) is 37.8 Å². The van der Waals surface area contributed by atoms with Gasteiger partial charge in [-0.25, -0.2) is 18.7 Å². The third kappa shape index (κ3) is 4.73. The third-order valence-electron chi connectivity index (χ3n) is 6.11.